The van der Waals surface area contributed by atoms with Gasteiger partial charge in [0.25, 0.3) is 0 Å². The van der Waals surface area contributed by atoms with Crippen LogP contribution in [-0.4, -0.2) is 0 Å². The van der Waals surface area contributed by atoms with Crippen molar-refractivity contribution < 1.29 is 51.5 Å². The van der Waals surface area contributed by atoms with Gasteiger partial charge in [-0.1, -0.05) is 0 Å². The van der Waals surface area contributed by atoms with Gasteiger partial charge in [0.05, 0.1) is 0 Å². The van der Waals surface area contributed by atoms with Gasteiger partial charge in [0.2, 0.25) is 0 Å². The van der Waals surface area contributed by atoms with Crippen LogP contribution >= 0.6 is 0 Å². The molecule has 5 heteroatoms. The van der Waals surface area contributed by atoms with E-state index in [1.165, 1.54) is 0 Å². The predicted octanol–water partition coefficient (Wildman–Crippen LogP) is -2.45. The molecule has 0 heterocycles. The monoisotopic (exact) mass is 170 g/mol. The van der Waals surface area contributed by atoms with Gasteiger partial charge in [-0.05, 0) is 0 Å². The zero-order valence-corrected chi connectivity index (χ0v) is 6.20. The van der Waals surface area contributed by atoms with Gasteiger partial charge in [-0.25, -0.2) is 0 Å². The van der Waals surface area contributed by atoms with E-state index >= 15 is 0 Å². The third kappa shape index (κ3) is 45.2. The Bertz CT molecular complexity index is 6.85. The molecule has 0 unspecified atom stereocenters. The van der Waals surface area contributed by atoms with Crippen molar-refractivity contribution in [3.05, 3.63) is 0 Å². The summed E-state index contributed by atoms with van der Waals surface area (Å²) in [5.41, 5.74) is 0. The molecule has 0 aliphatic heterocycles. The van der Waals surface area contributed by atoms with Crippen LogP contribution in [0.2, 0.25) is 0 Å². The molecule has 0 fully saturated rings. The van der Waals surface area contributed by atoms with Crippen molar-refractivity contribution in [2.24, 2.45) is 0 Å². The molecule has 0 spiro atoms. The summed E-state index contributed by atoms with van der Waals surface area (Å²) in [6, 6.07) is 0. The van der Waals surface area contributed by atoms with Crippen LogP contribution in [0.15, 0.2) is 0 Å². The second-order valence-electron chi connectivity index (χ2n) is 0.0680. The van der Waals surface area contributed by atoms with Gasteiger partial charge in [0.1, 0.15) is 0 Å². The Hall–Kier alpha value is 0.997. The van der Waals surface area contributed by atoms with Crippen molar-refractivity contribution >= 4 is 0 Å². The van der Waals surface area contributed by atoms with Crippen molar-refractivity contribution in [3.8, 4) is 0 Å². The van der Waals surface area contributed by atoms with Crippen LogP contribution in [0, 0.1) is 0 Å². The van der Waals surface area contributed by atoms with Crippen LogP contribution in [0.3, 0.4) is 0 Å². The molecule has 0 aliphatic carbocycles. The third-order valence-corrected chi connectivity index (χ3v) is 0. The molecule has 0 rings (SSSR count). The van der Waals surface area contributed by atoms with Gasteiger partial charge < -0.3 is 15.6 Å². The smallest absolute Gasteiger partial charge is 0.734 e. The molecule has 30 valence electrons. The van der Waals surface area contributed by atoms with Crippen LogP contribution in [-0.2, 0) is 41.0 Å². The molecular weight excluding hydrogens is 172 g/mol. The van der Waals surface area contributed by atoms with E-state index in [4.69, 9.17) is 10.5 Å². The van der Waals surface area contributed by atoms with Crippen molar-refractivity contribution in [1.82, 2.24) is 0 Å². The minimum absolute atomic E-state index is 0. The Balaban J connectivity index is -0.0000000200. The summed E-state index contributed by atoms with van der Waals surface area (Å²) in [7, 11) is 0. The summed E-state index contributed by atoms with van der Waals surface area (Å²) in [5.74, 6) is 0. The molecule has 0 bridgehead atoms. The maximum Gasteiger partial charge on any atom is 2.00 e. The van der Waals surface area contributed by atoms with Gasteiger partial charge in [-0.2, -0.15) is 0 Å². The quantitative estimate of drug-likeness (QED) is 0.231. The molecule has 0 aliphatic rings. The molecule has 0 aromatic rings. The maximum atomic E-state index is 7.88. The molecule has 0 aromatic heterocycles. The van der Waals surface area contributed by atoms with E-state index < -0.39 is 0 Å². The Morgan fingerprint density at radius 1 is 1.20 bits per heavy atom. The first-order valence-corrected chi connectivity index (χ1v) is 0.333. The fourth-order valence-electron chi connectivity index (χ4n) is 0. The summed E-state index contributed by atoms with van der Waals surface area (Å²) < 4.78 is 0. The molecule has 0 radical (unpaired) electrons. The molecule has 5 heavy (non-hydrogen) atoms. The first-order chi connectivity index (χ1) is 1.41. The number of rotatable bonds is 0. The minimum Gasteiger partial charge on any atom is -0.734 e. The zero-order chi connectivity index (χ0) is 2.71. The molecule has 0 saturated carbocycles. The topological polar surface area (TPSA) is 55.3 Å². The Morgan fingerprint density at radius 2 is 1.20 bits per heavy atom. The molecule has 3 nitrogen and oxygen atoms in total. The van der Waals surface area contributed by atoms with Crippen LogP contribution in [0.5, 0.6) is 0 Å². The fraction of sp³-hybridized carbons (Fsp3) is 0. The maximum absolute atomic E-state index is 7.88. The van der Waals surface area contributed by atoms with Gasteiger partial charge in [0.15, 0.2) is 0 Å². The second-order valence-corrected chi connectivity index (χ2v) is 0.0680. The second kappa shape index (κ2) is 20.0. The summed E-state index contributed by atoms with van der Waals surface area (Å²) >= 11 is 0. The molecule has 0 aromatic carbocycles. The summed E-state index contributed by atoms with van der Waals surface area (Å²) in [5, 5.41) is 17.5. The van der Waals surface area contributed by atoms with E-state index in [9.17, 15) is 0 Å². The molecule has 0 saturated heterocycles. The normalized spacial score (nSPS) is 3.60. The molecule has 0 N–H and O–H groups in total. The fourth-order valence-corrected chi connectivity index (χ4v) is 0. The average molecular weight is 172 g/mol. The van der Waals surface area contributed by atoms with E-state index in [-0.39, 0.29) is 36.0 Å². The van der Waals surface area contributed by atoms with Crippen molar-refractivity contribution in [2.75, 3.05) is 0 Å². The largest absolute Gasteiger partial charge is 2.00 e. The van der Waals surface area contributed by atoms with Crippen LogP contribution in [0.25, 0.3) is 0 Å². The molecule has 0 atom stereocenters. The van der Waals surface area contributed by atoms with Crippen LogP contribution in [0.4, 0.5) is 0 Å². The van der Waals surface area contributed by atoms with E-state index in [0.717, 1.165) is 0 Å². The average Bonchev–Trinajstić information content (AvgIpc) is 0.918. The van der Waals surface area contributed by atoms with Crippen molar-refractivity contribution in [1.29, 1.82) is 0 Å². The van der Waals surface area contributed by atoms with Gasteiger partial charge in [-0.3, -0.25) is 0 Å². The van der Waals surface area contributed by atoms with Gasteiger partial charge in [-0.15, -0.1) is 0 Å². The third-order valence-electron chi connectivity index (χ3n) is 0. The van der Waals surface area contributed by atoms with E-state index in [1.807, 2.05) is 0 Å². The Kier molecular flexibility index (Phi) is 66.7. The minimum atomic E-state index is 0. The Labute approximate surface area is 51.9 Å². The zero-order valence-electron chi connectivity index (χ0n) is 2.25. The van der Waals surface area contributed by atoms with Crippen molar-refractivity contribution in [3.63, 3.8) is 0 Å². The Morgan fingerprint density at radius 3 is 1.20 bits per heavy atom. The van der Waals surface area contributed by atoms with Crippen LogP contribution < -0.4 is 10.5 Å². The first-order valence-electron chi connectivity index (χ1n) is 0.333. The first kappa shape index (κ1) is 16.7. The van der Waals surface area contributed by atoms with Gasteiger partial charge in [0, 0.05) is 19.5 Å². The predicted molar refractivity (Wildman–Crippen MR) is 1.08 cm³/mol. The summed E-state index contributed by atoms with van der Waals surface area (Å²) in [4.78, 5) is 0. The van der Waals surface area contributed by atoms with Crippen molar-refractivity contribution in [2.45, 2.75) is 0 Å². The SMILES string of the molecule is [Ni+2].[O-]O[O-].[Zn]. The van der Waals surface area contributed by atoms with E-state index in [1.54, 1.807) is 5.04 Å². The van der Waals surface area contributed by atoms with E-state index in [0.29, 0.717) is 0 Å². The van der Waals surface area contributed by atoms with Gasteiger partial charge >= 0.3 is 16.5 Å². The number of hydrogen-bond acceptors (Lipinski definition) is 3. The summed E-state index contributed by atoms with van der Waals surface area (Å²) in [6.07, 6.45) is 0. The standard InChI is InChI=1S/Ni.H2O3.Zn/c;1-3-2;/h;1-2H;/q+2;;/p-2. The van der Waals surface area contributed by atoms with Crippen LogP contribution in [0.1, 0.15) is 0 Å². The summed E-state index contributed by atoms with van der Waals surface area (Å²) in [6.45, 7) is 0. The molecular formula is NiO3Zn. The molecule has 0 amide bonds. The number of hydrogen-bond donors (Lipinski definition) is 0. The van der Waals surface area contributed by atoms with E-state index in [2.05, 4.69) is 0 Å².